The number of anilines is 2. The van der Waals surface area contributed by atoms with Crippen LogP contribution in [-0.4, -0.2) is 41.0 Å². The number of halogens is 1. The molecule has 1 fully saturated rings. The number of ether oxygens (including phenoxy) is 1. The Morgan fingerprint density at radius 3 is 2.46 bits per heavy atom. The summed E-state index contributed by atoms with van der Waals surface area (Å²) < 4.78 is 5.18. The van der Waals surface area contributed by atoms with Crippen LogP contribution >= 0.6 is 23.8 Å². The minimum absolute atomic E-state index is 0.0491. The smallest absolute Gasteiger partial charge is 0.270 e. The summed E-state index contributed by atoms with van der Waals surface area (Å²) in [4.78, 5) is 40.6. The summed E-state index contributed by atoms with van der Waals surface area (Å²) in [6.45, 7) is 0. The quantitative estimate of drug-likeness (QED) is 0.468. The van der Waals surface area contributed by atoms with E-state index in [0.717, 1.165) is 0 Å². The molecular weight excluding hydrogens is 488 g/mol. The van der Waals surface area contributed by atoms with Gasteiger partial charge in [0.05, 0.1) is 29.9 Å². The molecule has 0 radical (unpaired) electrons. The number of nitrogens with zero attached hydrogens (tertiary/aromatic N) is 2. The van der Waals surface area contributed by atoms with E-state index in [1.807, 2.05) is 6.07 Å². The van der Waals surface area contributed by atoms with Gasteiger partial charge in [0.1, 0.15) is 11.8 Å². The van der Waals surface area contributed by atoms with Crippen LogP contribution in [-0.2, 0) is 9.59 Å². The second-order valence-electron chi connectivity index (χ2n) is 7.58. The third-order valence-electron chi connectivity index (χ3n) is 5.31. The van der Waals surface area contributed by atoms with Gasteiger partial charge in [-0.05, 0) is 54.7 Å². The number of hydrazine groups is 1. The van der Waals surface area contributed by atoms with Crippen LogP contribution in [0.5, 0.6) is 5.75 Å². The first kappa shape index (κ1) is 24.2. The summed E-state index contributed by atoms with van der Waals surface area (Å²) >= 11 is 11.7. The van der Waals surface area contributed by atoms with Gasteiger partial charge < -0.3 is 10.1 Å². The van der Waals surface area contributed by atoms with E-state index in [4.69, 9.17) is 28.6 Å². The van der Waals surface area contributed by atoms with Crippen molar-refractivity contribution in [2.75, 3.05) is 17.3 Å². The summed E-state index contributed by atoms with van der Waals surface area (Å²) in [7, 11) is 1.50. The Bertz CT molecular complexity index is 1290. The van der Waals surface area contributed by atoms with Crippen LogP contribution in [0.25, 0.3) is 0 Å². The summed E-state index contributed by atoms with van der Waals surface area (Å²) in [5, 5.41) is 4.37. The normalized spacial score (nSPS) is 15.2. The molecular formula is C25H21ClN4O4S. The number of amides is 3. The number of methoxy groups -OCH3 is 1. The predicted octanol–water partition coefficient (Wildman–Crippen LogP) is 4.02. The van der Waals surface area contributed by atoms with Gasteiger partial charge in [0.2, 0.25) is 11.0 Å². The van der Waals surface area contributed by atoms with Gasteiger partial charge in [-0.15, -0.1) is 0 Å². The Morgan fingerprint density at radius 2 is 1.74 bits per heavy atom. The van der Waals surface area contributed by atoms with E-state index >= 15 is 0 Å². The summed E-state index contributed by atoms with van der Waals surface area (Å²) in [6.07, 6.45) is -0.272. The molecule has 4 rings (SSSR count). The van der Waals surface area contributed by atoms with Crippen molar-refractivity contribution >= 4 is 58.0 Å². The first-order valence-electron chi connectivity index (χ1n) is 10.6. The molecule has 3 aromatic rings. The molecule has 0 bridgehead atoms. The lowest BCUT2D eigenvalue weighted by molar-refractivity contribution is -0.124. The molecule has 0 aromatic heterocycles. The summed E-state index contributed by atoms with van der Waals surface area (Å²) in [5.74, 6) is -0.916. The van der Waals surface area contributed by atoms with Crippen molar-refractivity contribution in [1.29, 1.82) is 0 Å². The van der Waals surface area contributed by atoms with E-state index in [2.05, 4.69) is 10.7 Å². The monoisotopic (exact) mass is 508 g/mol. The van der Waals surface area contributed by atoms with Crippen LogP contribution in [0.15, 0.2) is 78.9 Å². The van der Waals surface area contributed by atoms with Gasteiger partial charge in [0.15, 0.2) is 0 Å². The van der Waals surface area contributed by atoms with Crippen LogP contribution in [0, 0.1) is 0 Å². The highest BCUT2D eigenvalue weighted by atomic mass is 35.5. The number of para-hydroxylation sites is 2. The van der Waals surface area contributed by atoms with Crippen LogP contribution in [0.4, 0.5) is 11.4 Å². The first-order valence-corrected chi connectivity index (χ1v) is 11.4. The van der Waals surface area contributed by atoms with Crippen molar-refractivity contribution in [2.45, 2.75) is 12.5 Å². The molecule has 3 amide bonds. The zero-order valence-electron chi connectivity index (χ0n) is 18.6. The van der Waals surface area contributed by atoms with E-state index < -0.39 is 23.8 Å². The van der Waals surface area contributed by atoms with Gasteiger partial charge in [0.25, 0.3) is 11.8 Å². The molecule has 1 atom stereocenters. The highest BCUT2D eigenvalue weighted by Crippen LogP contribution is 2.27. The molecule has 1 heterocycles. The van der Waals surface area contributed by atoms with Crippen molar-refractivity contribution in [3.05, 3.63) is 89.4 Å². The standard InChI is InChI=1S/C25H21ClN4O4S/c1-34-18-11-7-8-16(14-18)23(32)28-30-21(15-22(31)27-20-13-6-5-12-19(20)26)24(33)29(25(30)35)17-9-3-2-4-10-17/h2-14,21H,15H2,1H3,(H,27,31)(H,28,32). The van der Waals surface area contributed by atoms with Gasteiger partial charge in [-0.25, -0.2) is 5.01 Å². The maximum absolute atomic E-state index is 13.4. The molecule has 8 nitrogen and oxygen atoms in total. The number of hydrogen-bond donors (Lipinski definition) is 2. The lowest BCUT2D eigenvalue weighted by Gasteiger charge is -2.24. The molecule has 1 unspecified atom stereocenters. The van der Waals surface area contributed by atoms with Crippen LogP contribution in [0.1, 0.15) is 16.8 Å². The van der Waals surface area contributed by atoms with Crippen molar-refractivity contribution in [1.82, 2.24) is 10.4 Å². The third kappa shape index (κ3) is 5.26. The van der Waals surface area contributed by atoms with Gasteiger partial charge in [-0.1, -0.05) is 48.0 Å². The molecule has 1 aliphatic heterocycles. The number of hydrogen-bond acceptors (Lipinski definition) is 5. The fourth-order valence-electron chi connectivity index (χ4n) is 3.59. The fraction of sp³-hybridized carbons (Fsp3) is 0.120. The average Bonchev–Trinajstić information content (AvgIpc) is 3.09. The molecule has 178 valence electrons. The van der Waals surface area contributed by atoms with Crippen molar-refractivity contribution in [3.8, 4) is 5.75 Å². The molecule has 0 aliphatic carbocycles. The van der Waals surface area contributed by atoms with Crippen LogP contribution in [0.3, 0.4) is 0 Å². The molecule has 0 saturated carbocycles. The largest absolute Gasteiger partial charge is 0.497 e. The van der Waals surface area contributed by atoms with Gasteiger partial charge in [0, 0.05) is 5.56 Å². The lowest BCUT2D eigenvalue weighted by atomic mass is 10.1. The minimum atomic E-state index is -1.07. The van der Waals surface area contributed by atoms with E-state index in [9.17, 15) is 14.4 Å². The predicted molar refractivity (Wildman–Crippen MR) is 137 cm³/mol. The number of rotatable bonds is 7. The van der Waals surface area contributed by atoms with E-state index in [1.165, 1.54) is 17.0 Å². The highest BCUT2D eigenvalue weighted by molar-refractivity contribution is 7.80. The van der Waals surface area contributed by atoms with Gasteiger partial charge >= 0.3 is 0 Å². The van der Waals surface area contributed by atoms with Crippen LogP contribution < -0.4 is 20.4 Å². The molecule has 1 saturated heterocycles. The molecule has 2 N–H and O–H groups in total. The van der Waals surface area contributed by atoms with Crippen molar-refractivity contribution in [3.63, 3.8) is 0 Å². The molecule has 3 aromatic carbocycles. The van der Waals surface area contributed by atoms with Crippen LogP contribution in [0.2, 0.25) is 5.02 Å². The number of nitrogens with one attached hydrogen (secondary N) is 2. The van der Waals surface area contributed by atoms with Gasteiger partial charge in [-0.3, -0.25) is 24.7 Å². The maximum atomic E-state index is 13.4. The Labute approximate surface area is 212 Å². The van der Waals surface area contributed by atoms with Crippen molar-refractivity contribution < 1.29 is 19.1 Å². The second kappa shape index (κ2) is 10.5. The summed E-state index contributed by atoms with van der Waals surface area (Å²) in [6, 6.07) is 21.0. The number of carbonyl (C=O) groups excluding carboxylic acids is 3. The number of thiocarbonyl (C=S) groups is 1. The highest BCUT2D eigenvalue weighted by Gasteiger charge is 2.45. The lowest BCUT2D eigenvalue weighted by Crippen LogP contribution is -2.49. The number of carbonyl (C=O) groups is 3. The topological polar surface area (TPSA) is 91.0 Å². The third-order valence-corrected chi connectivity index (χ3v) is 6.02. The molecule has 35 heavy (non-hydrogen) atoms. The Balaban J connectivity index is 1.60. The maximum Gasteiger partial charge on any atom is 0.270 e. The zero-order valence-corrected chi connectivity index (χ0v) is 20.2. The Kier molecular flexibility index (Phi) is 7.28. The average molecular weight is 509 g/mol. The minimum Gasteiger partial charge on any atom is -0.497 e. The fourth-order valence-corrected chi connectivity index (χ4v) is 4.14. The van der Waals surface area contributed by atoms with E-state index in [0.29, 0.717) is 27.7 Å². The first-order chi connectivity index (χ1) is 16.9. The van der Waals surface area contributed by atoms with Gasteiger partial charge in [-0.2, -0.15) is 0 Å². The number of benzene rings is 3. The van der Waals surface area contributed by atoms with E-state index in [1.54, 1.807) is 72.8 Å². The molecule has 10 heteroatoms. The van der Waals surface area contributed by atoms with E-state index in [-0.39, 0.29) is 11.5 Å². The molecule has 0 spiro atoms. The molecule has 1 aliphatic rings. The SMILES string of the molecule is COc1cccc(C(=O)NN2C(=S)N(c3ccccc3)C(=O)C2CC(=O)Nc2ccccc2Cl)c1. The second-order valence-corrected chi connectivity index (χ2v) is 8.35. The summed E-state index contributed by atoms with van der Waals surface area (Å²) in [5.41, 5.74) is 3.93. The zero-order chi connectivity index (χ0) is 24.9. The van der Waals surface area contributed by atoms with Crippen molar-refractivity contribution in [2.24, 2.45) is 0 Å². The Hall–Kier alpha value is -3.95. The Morgan fingerprint density at radius 1 is 1.03 bits per heavy atom.